The van der Waals surface area contributed by atoms with Crippen molar-refractivity contribution >= 4 is 5.78 Å². The number of hydrogen-bond acceptors (Lipinski definition) is 3. The van der Waals surface area contributed by atoms with Crippen LogP contribution < -0.4 is 4.74 Å². The standard InChI is InChI=1S/C14H17NO2/c1-9(16)13-7-6-12(11-4-5-11)14(15-13)17-8-10-2-3-10/h6-7,10-11H,2-5,8H2,1H3. The molecule has 3 heteroatoms. The minimum atomic E-state index is 0.00335. The van der Waals surface area contributed by atoms with Crippen molar-refractivity contribution < 1.29 is 9.53 Å². The molecular weight excluding hydrogens is 214 g/mol. The van der Waals surface area contributed by atoms with Gasteiger partial charge < -0.3 is 4.74 Å². The van der Waals surface area contributed by atoms with Crippen molar-refractivity contribution in [3.05, 3.63) is 23.4 Å². The summed E-state index contributed by atoms with van der Waals surface area (Å²) in [5.41, 5.74) is 1.70. The Balaban J connectivity index is 1.83. The van der Waals surface area contributed by atoms with Crippen LogP contribution in [-0.4, -0.2) is 17.4 Å². The van der Waals surface area contributed by atoms with Crippen molar-refractivity contribution in [3.8, 4) is 5.88 Å². The highest BCUT2D eigenvalue weighted by Gasteiger charge is 2.29. The summed E-state index contributed by atoms with van der Waals surface area (Å²) in [6, 6.07) is 3.84. The molecule has 0 radical (unpaired) electrons. The summed E-state index contributed by atoms with van der Waals surface area (Å²) < 4.78 is 5.79. The Bertz CT molecular complexity index is 448. The molecule has 17 heavy (non-hydrogen) atoms. The molecule has 0 bridgehead atoms. The molecule has 0 spiro atoms. The van der Waals surface area contributed by atoms with Gasteiger partial charge in [0, 0.05) is 12.5 Å². The summed E-state index contributed by atoms with van der Waals surface area (Å²) in [4.78, 5) is 15.7. The van der Waals surface area contributed by atoms with E-state index in [9.17, 15) is 4.79 Å². The minimum Gasteiger partial charge on any atom is -0.477 e. The fraction of sp³-hybridized carbons (Fsp3) is 0.571. The third-order valence-electron chi connectivity index (χ3n) is 3.42. The van der Waals surface area contributed by atoms with Gasteiger partial charge in [0.2, 0.25) is 5.88 Å². The second-order valence-corrected chi connectivity index (χ2v) is 5.18. The monoisotopic (exact) mass is 231 g/mol. The Morgan fingerprint density at radius 3 is 2.71 bits per heavy atom. The van der Waals surface area contributed by atoms with E-state index in [1.54, 1.807) is 6.92 Å². The highest BCUT2D eigenvalue weighted by Crippen LogP contribution is 2.44. The van der Waals surface area contributed by atoms with E-state index < -0.39 is 0 Å². The molecule has 0 amide bonds. The molecule has 3 rings (SSSR count). The fourth-order valence-corrected chi connectivity index (χ4v) is 1.95. The van der Waals surface area contributed by atoms with Crippen LogP contribution in [-0.2, 0) is 0 Å². The van der Waals surface area contributed by atoms with E-state index in [1.807, 2.05) is 12.1 Å². The second-order valence-electron chi connectivity index (χ2n) is 5.18. The summed E-state index contributed by atoms with van der Waals surface area (Å²) in [6.07, 6.45) is 4.98. The molecule has 0 atom stereocenters. The molecular formula is C14H17NO2. The van der Waals surface area contributed by atoms with Crippen molar-refractivity contribution in [1.82, 2.24) is 4.98 Å². The van der Waals surface area contributed by atoms with Gasteiger partial charge in [-0.15, -0.1) is 0 Å². The van der Waals surface area contributed by atoms with Crippen LogP contribution in [0.3, 0.4) is 0 Å². The normalized spacial score (nSPS) is 19.1. The number of pyridine rings is 1. The molecule has 2 aliphatic rings. The average molecular weight is 231 g/mol. The zero-order chi connectivity index (χ0) is 11.8. The largest absolute Gasteiger partial charge is 0.477 e. The van der Waals surface area contributed by atoms with Gasteiger partial charge in [-0.3, -0.25) is 4.79 Å². The van der Waals surface area contributed by atoms with Gasteiger partial charge >= 0.3 is 0 Å². The molecule has 0 aliphatic heterocycles. The van der Waals surface area contributed by atoms with E-state index in [2.05, 4.69) is 4.98 Å². The predicted octanol–water partition coefficient (Wildman–Crippen LogP) is 2.95. The Kier molecular flexibility index (Phi) is 2.61. The Labute approximate surface area is 101 Å². The number of carbonyl (C=O) groups excluding carboxylic acids is 1. The summed E-state index contributed by atoms with van der Waals surface area (Å²) >= 11 is 0. The van der Waals surface area contributed by atoms with E-state index in [0.717, 1.165) is 6.61 Å². The Hall–Kier alpha value is -1.38. The zero-order valence-corrected chi connectivity index (χ0v) is 10.1. The molecule has 1 heterocycles. The van der Waals surface area contributed by atoms with E-state index in [4.69, 9.17) is 4.74 Å². The average Bonchev–Trinajstić information content (AvgIpc) is 3.16. The lowest BCUT2D eigenvalue weighted by Gasteiger charge is -2.10. The van der Waals surface area contributed by atoms with Crippen LogP contribution in [0.15, 0.2) is 12.1 Å². The lowest BCUT2D eigenvalue weighted by Crippen LogP contribution is -2.06. The van der Waals surface area contributed by atoms with Gasteiger partial charge in [0.1, 0.15) is 5.69 Å². The third-order valence-corrected chi connectivity index (χ3v) is 3.42. The van der Waals surface area contributed by atoms with Crippen molar-refractivity contribution in [2.24, 2.45) is 5.92 Å². The van der Waals surface area contributed by atoms with Gasteiger partial charge in [-0.25, -0.2) is 4.98 Å². The number of hydrogen-bond donors (Lipinski definition) is 0. The van der Waals surface area contributed by atoms with Crippen LogP contribution >= 0.6 is 0 Å². The molecule has 90 valence electrons. The molecule has 0 unspecified atom stereocenters. The summed E-state index contributed by atoms with van der Waals surface area (Å²) in [5.74, 6) is 2.03. The number of Topliss-reactive ketones (excluding diaryl/α,β-unsaturated/α-hetero) is 1. The summed E-state index contributed by atoms with van der Waals surface area (Å²) in [5, 5.41) is 0. The van der Waals surface area contributed by atoms with E-state index in [1.165, 1.54) is 31.2 Å². The van der Waals surface area contributed by atoms with Crippen LogP contribution in [0.25, 0.3) is 0 Å². The lowest BCUT2D eigenvalue weighted by molar-refractivity contribution is 0.101. The van der Waals surface area contributed by atoms with Gasteiger partial charge in [-0.1, -0.05) is 6.07 Å². The number of ketones is 1. The molecule has 1 aromatic heterocycles. The number of aromatic nitrogens is 1. The second kappa shape index (κ2) is 4.13. The van der Waals surface area contributed by atoms with Gasteiger partial charge in [0.05, 0.1) is 6.61 Å². The lowest BCUT2D eigenvalue weighted by atomic mass is 10.1. The predicted molar refractivity (Wildman–Crippen MR) is 64.4 cm³/mol. The van der Waals surface area contributed by atoms with E-state index >= 15 is 0 Å². The first kappa shape index (κ1) is 10.8. The van der Waals surface area contributed by atoms with Gasteiger partial charge in [0.15, 0.2) is 5.78 Å². The SMILES string of the molecule is CC(=O)c1ccc(C2CC2)c(OCC2CC2)n1. The quantitative estimate of drug-likeness (QED) is 0.731. The van der Waals surface area contributed by atoms with Crippen LogP contribution in [0.2, 0.25) is 0 Å². The minimum absolute atomic E-state index is 0.00335. The van der Waals surface area contributed by atoms with Crippen LogP contribution in [0.5, 0.6) is 5.88 Å². The smallest absolute Gasteiger partial charge is 0.217 e. The van der Waals surface area contributed by atoms with Gasteiger partial charge in [-0.2, -0.15) is 0 Å². The zero-order valence-electron chi connectivity index (χ0n) is 10.1. The number of rotatable bonds is 5. The highest BCUT2D eigenvalue weighted by atomic mass is 16.5. The van der Waals surface area contributed by atoms with Crippen molar-refractivity contribution in [2.45, 2.75) is 38.5 Å². The summed E-state index contributed by atoms with van der Waals surface area (Å²) in [6.45, 7) is 2.30. The fourth-order valence-electron chi connectivity index (χ4n) is 1.95. The molecule has 2 fully saturated rings. The highest BCUT2D eigenvalue weighted by molar-refractivity contribution is 5.92. The third kappa shape index (κ3) is 2.48. The maximum atomic E-state index is 11.3. The first-order valence-electron chi connectivity index (χ1n) is 6.38. The van der Waals surface area contributed by atoms with E-state index in [0.29, 0.717) is 23.4 Å². The number of nitrogens with zero attached hydrogens (tertiary/aromatic N) is 1. The topological polar surface area (TPSA) is 39.2 Å². The first-order chi connectivity index (χ1) is 8.24. The van der Waals surface area contributed by atoms with Crippen LogP contribution in [0, 0.1) is 5.92 Å². The van der Waals surface area contributed by atoms with Crippen LogP contribution in [0.4, 0.5) is 0 Å². The molecule has 1 aromatic rings. The van der Waals surface area contributed by atoms with Crippen molar-refractivity contribution in [2.75, 3.05) is 6.61 Å². The first-order valence-corrected chi connectivity index (χ1v) is 6.38. The molecule has 3 nitrogen and oxygen atoms in total. The summed E-state index contributed by atoms with van der Waals surface area (Å²) in [7, 11) is 0. The maximum absolute atomic E-state index is 11.3. The number of carbonyl (C=O) groups is 1. The Morgan fingerprint density at radius 2 is 2.12 bits per heavy atom. The number of ether oxygens (including phenoxy) is 1. The molecule has 0 aromatic carbocycles. The Morgan fingerprint density at radius 1 is 1.35 bits per heavy atom. The van der Waals surface area contributed by atoms with Crippen LogP contribution in [0.1, 0.15) is 54.6 Å². The van der Waals surface area contributed by atoms with Crippen molar-refractivity contribution in [3.63, 3.8) is 0 Å². The molecule has 0 saturated heterocycles. The molecule has 2 aliphatic carbocycles. The van der Waals surface area contributed by atoms with Crippen molar-refractivity contribution in [1.29, 1.82) is 0 Å². The van der Waals surface area contributed by atoms with E-state index in [-0.39, 0.29) is 5.78 Å². The molecule has 0 N–H and O–H groups in total. The van der Waals surface area contributed by atoms with Gasteiger partial charge in [0.25, 0.3) is 0 Å². The molecule has 2 saturated carbocycles. The maximum Gasteiger partial charge on any atom is 0.217 e. The van der Waals surface area contributed by atoms with Gasteiger partial charge in [-0.05, 0) is 43.6 Å².